The van der Waals surface area contributed by atoms with Gasteiger partial charge in [0.1, 0.15) is 5.75 Å². The molecule has 3 atom stereocenters. The highest BCUT2D eigenvalue weighted by Crippen LogP contribution is 2.20. The summed E-state index contributed by atoms with van der Waals surface area (Å²) in [5, 5.41) is 2.97. The molecule has 1 amide bonds. The van der Waals surface area contributed by atoms with E-state index in [-0.39, 0.29) is 24.0 Å². The van der Waals surface area contributed by atoms with Gasteiger partial charge in [-0.1, -0.05) is 32.4 Å². The summed E-state index contributed by atoms with van der Waals surface area (Å²) < 4.78 is 5.68. The molecule has 1 aromatic rings. The van der Waals surface area contributed by atoms with E-state index in [4.69, 9.17) is 10.5 Å². The van der Waals surface area contributed by atoms with Crippen molar-refractivity contribution >= 4 is 5.91 Å². The quantitative estimate of drug-likeness (QED) is 0.812. The van der Waals surface area contributed by atoms with Crippen molar-refractivity contribution in [1.82, 2.24) is 5.32 Å². The Balaban J connectivity index is 2.71. The molecule has 0 aliphatic carbocycles. The van der Waals surface area contributed by atoms with E-state index in [1.807, 2.05) is 58.9 Å². The largest absolute Gasteiger partial charge is 0.491 e. The number of hydrogen-bond donors (Lipinski definition) is 2. The molecule has 0 radical (unpaired) electrons. The van der Waals surface area contributed by atoms with Gasteiger partial charge in [-0.2, -0.15) is 0 Å². The Kier molecular flexibility index (Phi) is 6.69. The third-order valence-electron chi connectivity index (χ3n) is 3.65. The van der Waals surface area contributed by atoms with Crippen LogP contribution in [0.25, 0.3) is 0 Å². The topological polar surface area (TPSA) is 64.4 Å². The maximum atomic E-state index is 12.1. The predicted octanol–water partition coefficient (Wildman–Crippen LogP) is 3.02. The molecule has 0 saturated heterocycles. The van der Waals surface area contributed by atoms with E-state index in [9.17, 15) is 4.79 Å². The van der Waals surface area contributed by atoms with E-state index < -0.39 is 6.04 Å². The number of rotatable bonds is 7. The van der Waals surface area contributed by atoms with E-state index in [0.29, 0.717) is 0 Å². The summed E-state index contributed by atoms with van der Waals surface area (Å²) >= 11 is 0. The lowest BCUT2D eigenvalue weighted by atomic mass is 9.98. The second-order valence-electron chi connectivity index (χ2n) is 5.88. The van der Waals surface area contributed by atoms with E-state index in [1.165, 1.54) is 0 Å². The third kappa shape index (κ3) is 5.38. The molecule has 3 N–H and O–H groups in total. The number of nitrogens with one attached hydrogen (secondary N) is 1. The third-order valence-corrected chi connectivity index (χ3v) is 3.65. The molecule has 4 nitrogen and oxygen atoms in total. The van der Waals surface area contributed by atoms with Crippen LogP contribution < -0.4 is 15.8 Å². The minimum Gasteiger partial charge on any atom is -0.491 e. The van der Waals surface area contributed by atoms with E-state index in [1.54, 1.807) is 0 Å². The molecule has 0 aliphatic heterocycles. The van der Waals surface area contributed by atoms with Gasteiger partial charge in [0, 0.05) is 0 Å². The van der Waals surface area contributed by atoms with Gasteiger partial charge >= 0.3 is 0 Å². The lowest BCUT2D eigenvalue weighted by Gasteiger charge is -2.22. The first-order chi connectivity index (χ1) is 9.85. The minimum absolute atomic E-state index is 0.0941. The summed E-state index contributed by atoms with van der Waals surface area (Å²) in [6, 6.07) is 7.23. The Hall–Kier alpha value is -1.55. The normalized spacial score (nSPS) is 15.4. The maximum absolute atomic E-state index is 12.1. The summed E-state index contributed by atoms with van der Waals surface area (Å²) in [6.45, 7) is 9.96. The van der Waals surface area contributed by atoms with Gasteiger partial charge in [-0.25, -0.2) is 0 Å². The van der Waals surface area contributed by atoms with Gasteiger partial charge in [0.25, 0.3) is 0 Å². The molecule has 0 aliphatic rings. The van der Waals surface area contributed by atoms with Crippen LogP contribution in [-0.4, -0.2) is 18.1 Å². The molecule has 4 heteroatoms. The number of benzene rings is 1. The fourth-order valence-electron chi connectivity index (χ4n) is 2.03. The van der Waals surface area contributed by atoms with Crippen LogP contribution in [0.2, 0.25) is 0 Å². The molecule has 0 saturated carbocycles. The Morgan fingerprint density at radius 3 is 2.52 bits per heavy atom. The summed E-state index contributed by atoms with van der Waals surface area (Å²) in [6.07, 6.45) is 1.02. The van der Waals surface area contributed by atoms with Crippen LogP contribution in [0, 0.1) is 5.92 Å². The molecule has 0 aromatic heterocycles. The predicted molar refractivity (Wildman–Crippen MR) is 86.2 cm³/mol. The second-order valence-corrected chi connectivity index (χ2v) is 5.88. The van der Waals surface area contributed by atoms with Crippen molar-refractivity contribution in [3.63, 3.8) is 0 Å². The highest BCUT2D eigenvalue weighted by atomic mass is 16.5. The average molecular weight is 292 g/mol. The van der Waals surface area contributed by atoms with Crippen LogP contribution in [0.4, 0.5) is 0 Å². The summed E-state index contributed by atoms with van der Waals surface area (Å²) in [4.78, 5) is 12.1. The van der Waals surface area contributed by atoms with E-state index >= 15 is 0 Å². The molecule has 0 bridgehead atoms. The van der Waals surface area contributed by atoms with Gasteiger partial charge < -0.3 is 15.8 Å². The number of nitrogens with two attached hydrogens (primary N) is 1. The van der Waals surface area contributed by atoms with Crippen LogP contribution in [-0.2, 0) is 4.79 Å². The van der Waals surface area contributed by atoms with E-state index in [0.717, 1.165) is 17.7 Å². The number of hydrogen-bond acceptors (Lipinski definition) is 3. The second kappa shape index (κ2) is 8.03. The zero-order valence-electron chi connectivity index (χ0n) is 13.7. The molecule has 118 valence electrons. The lowest BCUT2D eigenvalue weighted by Crippen LogP contribution is -2.45. The first-order valence-corrected chi connectivity index (χ1v) is 7.67. The SMILES string of the molecule is CC[C@H](C)[C@H](N)C(=O)NC(C)c1cccc(OC(C)C)c1. The zero-order valence-corrected chi connectivity index (χ0v) is 13.7. The Morgan fingerprint density at radius 2 is 1.95 bits per heavy atom. The summed E-state index contributed by atoms with van der Waals surface area (Å²) in [5.41, 5.74) is 6.97. The van der Waals surface area contributed by atoms with Crippen LogP contribution in [0.3, 0.4) is 0 Å². The fourth-order valence-corrected chi connectivity index (χ4v) is 2.03. The van der Waals surface area contributed by atoms with Gasteiger partial charge in [-0.3, -0.25) is 4.79 Å². The molecule has 1 rings (SSSR count). The standard InChI is InChI=1S/C17H28N2O2/c1-6-12(4)16(18)17(20)19-13(5)14-8-7-9-15(10-14)21-11(2)3/h7-13,16H,6,18H2,1-5H3,(H,19,20)/t12-,13?,16-/m0/s1. The Morgan fingerprint density at radius 1 is 1.29 bits per heavy atom. The number of amides is 1. The highest BCUT2D eigenvalue weighted by Gasteiger charge is 2.21. The molecular formula is C17H28N2O2. The summed E-state index contributed by atoms with van der Waals surface area (Å²) in [5.74, 6) is 0.884. The Bertz CT molecular complexity index is 460. The van der Waals surface area contributed by atoms with Crippen molar-refractivity contribution < 1.29 is 9.53 Å². The monoisotopic (exact) mass is 292 g/mol. The first-order valence-electron chi connectivity index (χ1n) is 7.67. The van der Waals surface area contributed by atoms with Crippen molar-refractivity contribution in [2.75, 3.05) is 0 Å². The highest BCUT2D eigenvalue weighted by molar-refractivity contribution is 5.82. The smallest absolute Gasteiger partial charge is 0.237 e. The molecule has 1 aromatic carbocycles. The van der Waals surface area contributed by atoms with Crippen LogP contribution >= 0.6 is 0 Å². The molecular weight excluding hydrogens is 264 g/mol. The molecule has 0 spiro atoms. The summed E-state index contributed by atoms with van der Waals surface area (Å²) in [7, 11) is 0. The van der Waals surface area contributed by atoms with Crippen LogP contribution in [0.1, 0.15) is 52.6 Å². The van der Waals surface area contributed by atoms with E-state index in [2.05, 4.69) is 5.32 Å². The Labute approximate surface area is 128 Å². The van der Waals surface area contributed by atoms with Crippen molar-refractivity contribution in [3.05, 3.63) is 29.8 Å². The number of ether oxygens (including phenoxy) is 1. The first kappa shape index (κ1) is 17.5. The zero-order chi connectivity index (χ0) is 16.0. The maximum Gasteiger partial charge on any atom is 0.237 e. The number of carbonyl (C=O) groups is 1. The van der Waals surface area contributed by atoms with Gasteiger partial charge in [0.05, 0.1) is 18.2 Å². The van der Waals surface area contributed by atoms with Gasteiger partial charge in [-0.05, 0) is 44.4 Å². The van der Waals surface area contributed by atoms with Crippen LogP contribution in [0.15, 0.2) is 24.3 Å². The van der Waals surface area contributed by atoms with Crippen molar-refractivity contribution in [1.29, 1.82) is 0 Å². The van der Waals surface area contributed by atoms with Crippen molar-refractivity contribution in [2.45, 2.75) is 59.2 Å². The number of carbonyl (C=O) groups excluding carboxylic acids is 1. The molecule has 21 heavy (non-hydrogen) atoms. The molecule has 0 fully saturated rings. The molecule has 1 unspecified atom stereocenters. The van der Waals surface area contributed by atoms with Crippen molar-refractivity contribution in [2.24, 2.45) is 11.7 Å². The average Bonchev–Trinajstić information content (AvgIpc) is 2.45. The van der Waals surface area contributed by atoms with Crippen LogP contribution in [0.5, 0.6) is 5.75 Å². The fraction of sp³-hybridized carbons (Fsp3) is 0.588. The van der Waals surface area contributed by atoms with Gasteiger partial charge in [0.2, 0.25) is 5.91 Å². The van der Waals surface area contributed by atoms with Crippen molar-refractivity contribution in [3.8, 4) is 5.75 Å². The minimum atomic E-state index is -0.465. The lowest BCUT2D eigenvalue weighted by molar-refractivity contribution is -0.124. The van der Waals surface area contributed by atoms with Gasteiger partial charge in [-0.15, -0.1) is 0 Å². The van der Waals surface area contributed by atoms with Gasteiger partial charge in [0.15, 0.2) is 0 Å². The molecule has 0 heterocycles.